The van der Waals surface area contributed by atoms with Gasteiger partial charge >= 0.3 is 0 Å². The maximum Gasteiger partial charge on any atom is 0.266 e. The van der Waals surface area contributed by atoms with Crippen LogP contribution in [0.25, 0.3) is 11.3 Å². The number of aromatic nitrogens is 5. The molecule has 4 heterocycles. The topological polar surface area (TPSA) is 76.8 Å². The molecule has 0 amide bonds. The standard InChI is InChI=1S/C17H15BrN6O/c18-14-7-20-17(21-8-14)23-9-12(10-23)11-24-16(25)2-1-15(22-24)13-3-5-19-6-4-13/h1-8,12H,9-11H2. The van der Waals surface area contributed by atoms with Crippen molar-refractivity contribution >= 4 is 21.9 Å². The SMILES string of the molecule is O=c1ccc(-c2ccncc2)nn1CC1CN(c2ncc(Br)cn2)C1. The molecule has 0 atom stereocenters. The van der Waals surface area contributed by atoms with Crippen LogP contribution in [0.2, 0.25) is 0 Å². The monoisotopic (exact) mass is 398 g/mol. The fourth-order valence-electron chi connectivity index (χ4n) is 2.82. The van der Waals surface area contributed by atoms with Crippen LogP contribution in [0.4, 0.5) is 5.95 Å². The molecule has 0 bridgehead atoms. The third-order valence-electron chi connectivity index (χ3n) is 4.12. The Labute approximate surface area is 152 Å². The summed E-state index contributed by atoms with van der Waals surface area (Å²) in [5.74, 6) is 1.07. The molecule has 8 heteroatoms. The van der Waals surface area contributed by atoms with Crippen molar-refractivity contribution in [2.75, 3.05) is 18.0 Å². The summed E-state index contributed by atoms with van der Waals surface area (Å²) >= 11 is 3.33. The van der Waals surface area contributed by atoms with E-state index in [1.165, 1.54) is 0 Å². The summed E-state index contributed by atoms with van der Waals surface area (Å²) in [5.41, 5.74) is 1.63. The van der Waals surface area contributed by atoms with E-state index < -0.39 is 0 Å². The van der Waals surface area contributed by atoms with Crippen LogP contribution in [0, 0.1) is 5.92 Å². The van der Waals surface area contributed by atoms with Gasteiger partial charge < -0.3 is 4.90 Å². The van der Waals surface area contributed by atoms with Gasteiger partial charge in [-0.2, -0.15) is 5.10 Å². The van der Waals surface area contributed by atoms with Crippen LogP contribution in [0.5, 0.6) is 0 Å². The third kappa shape index (κ3) is 3.43. The van der Waals surface area contributed by atoms with E-state index in [-0.39, 0.29) is 5.56 Å². The van der Waals surface area contributed by atoms with Gasteiger partial charge in [0.05, 0.1) is 16.7 Å². The van der Waals surface area contributed by atoms with Crippen LogP contribution in [-0.4, -0.2) is 37.8 Å². The summed E-state index contributed by atoms with van der Waals surface area (Å²) < 4.78 is 2.40. The normalized spacial score (nSPS) is 14.4. The Kier molecular flexibility index (Phi) is 4.27. The first-order valence-corrected chi connectivity index (χ1v) is 8.69. The van der Waals surface area contributed by atoms with Crippen LogP contribution in [0.3, 0.4) is 0 Å². The van der Waals surface area contributed by atoms with Crippen molar-refractivity contribution in [2.45, 2.75) is 6.54 Å². The number of nitrogens with zero attached hydrogens (tertiary/aromatic N) is 6. The van der Waals surface area contributed by atoms with E-state index in [0.29, 0.717) is 18.4 Å². The van der Waals surface area contributed by atoms with Gasteiger partial charge in [0.15, 0.2) is 0 Å². The first-order chi connectivity index (χ1) is 12.2. The Balaban J connectivity index is 1.45. The number of pyridine rings is 1. The maximum atomic E-state index is 12.1. The molecule has 4 rings (SSSR count). The number of anilines is 1. The molecule has 0 unspecified atom stereocenters. The van der Waals surface area contributed by atoms with E-state index in [9.17, 15) is 4.79 Å². The van der Waals surface area contributed by atoms with Crippen molar-refractivity contribution < 1.29 is 0 Å². The summed E-state index contributed by atoms with van der Waals surface area (Å²) in [6.07, 6.45) is 6.91. The Morgan fingerprint density at radius 2 is 1.80 bits per heavy atom. The summed E-state index contributed by atoms with van der Waals surface area (Å²) in [7, 11) is 0. The molecule has 126 valence electrons. The number of halogens is 1. The molecule has 0 spiro atoms. The van der Waals surface area contributed by atoms with Gasteiger partial charge in [0, 0.05) is 55.4 Å². The molecule has 0 aromatic carbocycles. The molecule has 1 aliphatic rings. The molecule has 1 saturated heterocycles. The number of rotatable bonds is 4. The predicted molar refractivity (Wildman–Crippen MR) is 97.2 cm³/mol. The first-order valence-electron chi connectivity index (χ1n) is 7.90. The molecule has 25 heavy (non-hydrogen) atoms. The second-order valence-electron chi connectivity index (χ2n) is 5.95. The third-order valence-corrected chi connectivity index (χ3v) is 4.53. The Bertz CT molecular complexity index is 922. The van der Waals surface area contributed by atoms with Crippen LogP contribution in [-0.2, 0) is 6.54 Å². The first kappa shape index (κ1) is 15.9. The highest BCUT2D eigenvalue weighted by atomic mass is 79.9. The van der Waals surface area contributed by atoms with Gasteiger partial charge in [-0.05, 0) is 34.1 Å². The van der Waals surface area contributed by atoms with Crippen LogP contribution < -0.4 is 10.5 Å². The minimum Gasteiger partial charge on any atom is -0.340 e. The minimum atomic E-state index is -0.0869. The molecule has 0 radical (unpaired) electrons. The van der Waals surface area contributed by atoms with Gasteiger partial charge in [0.2, 0.25) is 5.95 Å². The van der Waals surface area contributed by atoms with E-state index in [1.807, 2.05) is 12.1 Å². The number of hydrogen-bond donors (Lipinski definition) is 0. The van der Waals surface area contributed by atoms with Gasteiger partial charge in [-0.25, -0.2) is 14.6 Å². The van der Waals surface area contributed by atoms with Crippen molar-refractivity contribution in [3.05, 3.63) is 63.9 Å². The highest BCUT2D eigenvalue weighted by molar-refractivity contribution is 9.10. The zero-order valence-electron chi connectivity index (χ0n) is 13.3. The van der Waals surface area contributed by atoms with Crippen molar-refractivity contribution in [3.63, 3.8) is 0 Å². The quantitative estimate of drug-likeness (QED) is 0.668. The zero-order valence-corrected chi connectivity index (χ0v) is 14.9. The van der Waals surface area contributed by atoms with Crippen LogP contribution >= 0.6 is 15.9 Å². The lowest BCUT2D eigenvalue weighted by Gasteiger charge is -2.39. The van der Waals surface area contributed by atoms with E-state index in [2.05, 4.69) is 40.9 Å². The molecule has 0 saturated carbocycles. The molecular weight excluding hydrogens is 384 g/mol. The summed E-state index contributed by atoms with van der Waals surface area (Å²) in [6, 6.07) is 7.08. The van der Waals surface area contributed by atoms with Gasteiger partial charge in [-0.1, -0.05) is 0 Å². The number of hydrogen-bond acceptors (Lipinski definition) is 6. The maximum absolute atomic E-state index is 12.1. The lowest BCUT2D eigenvalue weighted by Crippen LogP contribution is -2.50. The molecule has 1 fully saturated rings. The summed E-state index contributed by atoms with van der Waals surface area (Å²) in [5, 5.41) is 4.49. The van der Waals surface area contributed by atoms with Crippen molar-refractivity contribution in [2.24, 2.45) is 5.92 Å². The molecule has 0 aliphatic carbocycles. The van der Waals surface area contributed by atoms with Gasteiger partial charge in [0.25, 0.3) is 5.56 Å². The molecule has 7 nitrogen and oxygen atoms in total. The molecule has 3 aromatic rings. The molecule has 0 N–H and O–H groups in total. The van der Waals surface area contributed by atoms with E-state index in [1.54, 1.807) is 41.6 Å². The van der Waals surface area contributed by atoms with Crippen molar-refractivity contribution in [1.82, 2.24) is 24.7 Å². The largest absolute Gasteiger partial charge is 0.340 e. The fraction of sp³-hybridized carbons (Fsp3) is 0.235. The van der Waals surface area contributed by atoms with Gasteiger partial charge in [-0.3, -0.25) is 9.78 Å². The minimum absolute atomic E-state index is 0.0869. The zero-order chi connectivity index (χ0) is 17.2. The lowest BCUT2D eigenvalue weighted by atomic mass is 10.0. The van der Waals surface area contributed by atoms with Gasteiger partial charge in [0.1, 0.15) is 0 Å². The predicted octanol–water partition coefficient (Wildman–Crippen LogP) is 1.99. The van der Waals surface area contributed by atoms with E-state index in [0.717, 1.165) is 28.8 Å². The molecular formula is C17H15BrN6O. The summed E-state index contributed by atoms with van der Waals surface area (Å²) in [4.78, 5) is 26.8. The van der Waals surface area contributed by atoms with Crippen LogP contribution in [0.1, 0.15) is 0 Å². The van der Waals surface area contributed by atoms with Gasteiger partial charge in [-0.15, -0.1) is 0 Å². The average molecular weight is 399 g/mol. The molecule has 1 aliphatic heterocycles. The van der Waals surface area contributed by atoms with Crippen molar-refractivity contribution in [3.8, 4) is 11.3 Å². The lowest BCUT2D eigenvalue weighted by molar-refractivity contribution is 0.331. The fourth-order valence-corrected chi connectivity index (χ4v) is 3.02. The van der Waals surface area contributed by atoms with Crippen molar-refractivity contribution in [1.29, 1.82) is 0 Å². The second-order valence-corrected chi connectivity index (χ2v) is 6.86. The average Bonchev–Trinajstić information content (AvgIpc) is 2.61. The Hall–Kier alpha value is -2.61. The van der Waals surface area contributed by atoms with E-state index >= 15 is 0 Å². The second kappa shape index (κ2) is 6.72. The van der Waals surface area contributed by atoms with Crippen LogP contribution in [0.15, 0.2) is 58.3 Å². The Morgan fingerprint density at radius 1 is 1.08 bits per heavy atom. The van der Waals surface area contributed by atoms with E-state index in [4.69, 9.17) is 0 Å². The highest BCUT2D eigenvalue weighted by Crippen LogP contribution is 2.22. The summed E-state index contributed by atoms with van der Waals surface area (Å²) in [6.45, 7) is 2.22. The smallest absolute Gasteiger partial charge is 0.266 e. The molecule has 3 aromatic heterocycles. The Morgan fingerprint density at radius 3 is 2.52 bits per heavy atom. The highest BCUT2D eigenvalue weighted by Gasteiger charge is 2.29.